The lowest BCUT2D eigenvalue weighted by Crippen LogP contribution is -2.47. The highest BCUT2D eigenvalue weighted by Crippen LogP contribution is 2.24. The molecule has 0 bridgehead atoms. The van der Waals surface area contributed by atoms with Gasteiger partial charge in [-0.1, -0.05) is 48.9 Å². The Kier molecular flexibility index (Phi) is 5.48. The van der Waals surface area contributed by atoms with E-state index in [1.54, 1.807) is 0 Å². The highest BCUT2D eigenvalue weighted by Gasteiger charge is 2.24. The number of fused-ring (bicyclic) bond motifs is 1. The predicted octanol–water partition coefficient (Wildman–Crippen LogP) is 2.86. The summed E-state index contributed by atoms with van der Waals surface area (Å²) in [6, 6.07) is 14.5. The molecule has 1 fully saturated rings. The van der Waals surface area contributed by atoms with Crippen molar-refractivity contribution in [2.45, 2.75) is 38.3 Å². The lowest BCUT2D eigenvalue weighted by molar-refractivity contribution is -0.124. The van der Waals surface area contributed by atoms with E-state index in [0.29, 0.717) is 6.54 Å². The van der Waals surface area contributed by atoms with E-state index in [9.17, 15) is 9.90 Å². The number of carbonyl (C=O) groups is 1. The molecule has 1 amide bonds. The van der Waals surface area contributed by atoms with E-state index in [-0.39, 0.29) is 24.6 Å². The number of likely N-dealkylation sites (tertiary alicyclic amines) is 1. The third-order valence-corrected chi connectivity index (χ3v) is 4.97. The molecule has 24 heavy (non-hydrogen) atoms. The van der Waals surface area contributed by atoms with Crippen molar-refractivity contribution in [2.75, 3.05) is 19.7 Å². The van der Waals surface area contributed by atoms with Crippen LogP contribution in [-0.4, -0.2) is 41.7 Å². The maximum Gasteiger partial charge on any atom is 0.234 e. The minimum absolute atomic E-state index is 0.0239. The summed E-state index contributed by atoms with van der Waals surface area (Å²) in [7, 11) is 0. The number of amides is 1. The van der Waals surface area contributed by atoms with Crippen LogP contribution >= 0.6 is 0 Å². The molecular formula is C20H26N2O2. The maximum absolute atomic E-state index is 12.5. The molecule has 2 aromatic carbocycles. The van der Waals surface area contributed by atoms with E-state index in [1.165, 1.54) is 10.8 Å². The third-order valence-electron chi connectivity index (χ3n) is 4.97. The molecule has 0 aromatic heterocycles. The molecule has 0 spiro atoms. The summed E-state index contributed by atoms with van der Waals surface area (Å²) in [5, 5.41) is 15.0. The lowest BCUT2D eigenvalue weighted by Gasteiger charge is -2.34. The lowest BCUT2D eigenvalue weighted by atomic mass is 9.99. The molecule has 1 aliphatic heterocycles. The minimum Gasteiger partial charge on any atom is -0.395 e. The van der Waals surface area contributed by atoms with Gasteiger partial charge in [0.05, 0.1) is 19.2 Å². The smallest absolute Gasteiger partial charge is 0.234 e. The summed E-state index contributed by atoms with van der Waals surface area (Å²) < 4.78 is 0. The average Bonchev–Trinajstić information content (AvgIpc) is 2.61. The van der Waals surface area contributed by atoms with E-state index >= 15 is 0 Å². The van der Waals surface area contributed by atoms with Gasteiger partial charge in [-0.25, -0.2) is 0 Å². The van der Waals surface area contributed by atoms with Crippen molar-refractivity contribution >= 4 is 16.7 Å². The zero-order chi connectivity index (χ0) is 16.9. The van der Waals surface area contributed by atoms with Gasteiger partial charge in [-0.3, -0.25) is 9.69 Å². The Morgan fingerprint density at radius 3 is 2.88 bits per heavy atom. The van der Waals surface area contributed by atoms with Gasteiger partial charge in [-0.15, -0.1) is 0 Å². The average molecular weight is 326 g/mol. The number of hydrogen-bond acceptors (Lipinski definition) is 3. The SMILES string of the molecule is CC(NC(=O)CN1CCCCC1CO)c1cccc2ccccc12. The Balaban J connectivity index is 1.67. The van der Waals surface area contributed by atoms with Gasteiger partial charge >= 0.3 is 0 Å². The van der Waals surface area contributed by atoms with Crippen LogP contribution in [-0.2, 0) is 4.79 Å². The summed E-state index contributed by atoms with van der Waals surface area (Å²) in [6.07, 6.45) is 3.21. The molecule has 0 radical (unpaired) electrons. The molecule has 3 rings (SSSR count). The molecule has 0 saturated carbocycles. The summed E-state index contributed by atoms with van der Waals surface area (Å²) in [5.74, 6) is 0.0239. The molecular weight excluding hydrogens is 300 g/mol. The maximum atomic E-state index is 12.5. The summed E-state index contributed by atoms with van der Waals surface area (Å²) in [5.41, 5.74) is 1.14. The van der Waals surface area contributed by atoms with E-state index < -0.39 is 0 Å². The fourth-order valence-corrected chi connectivity index (χ4v) is 3.65. The van der Waals surface area contributed by atoms with Crippen molar-refractivity contribution in [2.24, 2.45) is 0 Å². The van der Waals surface area contributed by atoms with Crippen LogP contribution in [0.25, 0.3) is 10.8 Å². The number of aliphatic hydroxyl groups excluding tert-OH is 1. The third kappa shape index (κ3) is 3.77. The summed E-state index contributed by atoms with van der Waals surface area (Å²) >= 11 is 0. The van der Waals surface area contributed by atoms with E-state index in [0.717, 1.165) is 31.4 Å². The second kappa shape index (κ2) is 7.77. The van der Waals surface area contributed by atoms with Crippen LogP contribution in [0.3, 0.4) is 0 Å². The fourth-order valence-electron chi connectivity index (χ4n) is 3.65. The molecule has 2 N–H and O–H groups in total. The van der Waals surface area contributed by atoms with Crippen LogP contribution in [0, 0.1) is 0 Å². The van der Waals surface area contributed by atoms with E-state index in [2.05, 4.69) is 34.5 Å². The Bertz CT molecular complexity index is 696. The van der Waals surface area contributed by atoms with Gasteiger partial charge in [0.2, 0.25) is 5.91 Å². The first-order valence-electron chi connectivity index (χ1n) is 8.81. The molecule has 1 heterocycles. The van der Waals surface area contributed by atoms with Crippen LogP contribution in [0.2, 0.25) is 0 Å². The van der Waals surface area contributed by atoms with Crippen LogP contribution < -0.4 is 5.32 Å². The van der Waals surface area contributed by atoms with Crippen molar-refractivity contribution in [3.63, 3.8) is 0 Å². The van der Waals surface area contributed by atoms with Crippen molar-refractivity contribution in [3.05, 3.63) is 48.0 Å². The van der Waals surface area contributed by atoms with Crippen LogP contribution in [0.1, 0.15) is 37.8 Å². The molecule has 2 unspecified atom stereocenters. The quantitative estimate of drug-likeness (QED) is 0.888. The standard InChI is InChI=1S/C20H26N2O2/c1-15(18-11-6-8-16-7-2-3-10-19(16)18)21-20(24)13-22-12-5-4-9-17(22)14-23/h2-3,6-8,10-11,15,17,23H,4-5,9,12-14H2,1H3,(H,21,24). The van der Waals surface area contributed by atoms with Crippen molar-refractivity contribution < 1.29 is 9.90 Å². The highest BCUT2D eigenvalue weighted by molar-refractivity contribution is 5.87. The number of nitrogens with one attached hydrogen (secondary N) is 1. The Morgan fingerprint density at radius 2 is 2.04 bits per heavy atom. The second-order valence-electron chi connectivity index (χ2n) is 6.66. The molecule has 1 aliphatic rings. The van der Waals surface area contributed by atoms with Crippen molar-refractivity contribution in [1.82, 2.24) is 10.2 Å². The van der Waals surface area contributed by atoms with E-state index in [4.69, 9.17) is 0 Å². The number of rotatable bonds is 5. The van der Waals surface area contributed by atoms with Crippen LogP contribution in [0.4, 0.5) is 0 Å². The summed E-state index contributed by atoms with van der Waals surface area (Å²) in [4.78, 5) is 14.6. The van der Waals surface area contributed by atoms with Crippen LogP contribution in [0.5, 0.6) is 0 Å². The predicted molar refractivity (Wildman–Crippen MR) is 96.8 cm³/mol. The minimum atomic E-state index is -0.0408. The topological polar surface area (TPSA) is 52.6 Å². The van der Waals surface area contributed by atoms with Gasteiger partial charge in [0.25, 0.3) is 0 Å². The number of aliphatic hydroxyl groups is 1. The molecule has 4 nitrogen and oxygen atoms in total. The van der Waals surface area contributed by atoms with Gasteiger partial charge < -0.3 is 10.4 Å². The molecule has 1 saturated heterocycles. The largest absolute Gasteiger partial charge is 0.395 e. The zero-order valence-electron chi connectivity index (χ0n) is 14.2. The Labute approximate surface area is 143 Å². The first-order chi connectivity index (χ1) is 11.7. The molecule has 2 atom stereocenters. The molecule has 2 aromatic rings. The Hall–Kier alpha value is -1.91. The molecule has 4 heteroatoms. The number of piperidine rings is 1. The second-order valence-corrected chi connectivity index (χ2v) is 6.66. The molecule has 0 aliphatic carbocycles. The number of nitrogens with zero attached hydrogens (tertiary/aromatic N) is 1. The van der Waals surface area contributed by atoms with Gasteiger partial charge in [0, 0.05) is 6.04 Å². The number of carbonyl (C=O) groups excluding carboxylic acids is 1. The van der Waals surface area contributed by atoms with Gasteiger partial charge in [-0.05, 0) is 42.6 Å². The first kappa shape index (κ1) is 16.9. The number of benzene rings is 2. The van der Waals surface area contributed by atoms with Crippen molar-refractivity contribution in [1.29, 1.82) is 0 Å². The Morgan fingerprint density at radius 1 is 1.25 bits per heavy atom. The van der Waals surface area contributed by atoms with Gasteiger partial charge in [-0.2, -0.15) is 0 Å². The zero-order valence-corrected chi connectivity index (χ0v) is 14.2. The molecule has 128 valence electrons. The number of hydrogen-bond donors (Lipinski definition) is 2. The van der Waals surface area contributed by atoms with Gasteiger partial charge in [0.1, 0.15) is 0 Å². The summed E-state index contributed by atoms with van der Waals surface area (Å²) in [6.45, 7) is 3.41. The highest BCUT2D eigenvalue weighted by atomic mass is 16.3. The monoisotopic (exact) mass is 326 g/mol. The normalized spacial score (nSPS) is 20.0. The first-order valence-corrected chi connectivity index (χ1v) is 8.81. The fraction of sp³-hybridized carbons (Fsp3) is 0.450. The van der Waals surface area contributed by atoms with Crippen molar-refractivity contribution in [3.8, 4) is 0 Å². The van der Waals surface area contributed by atoms with Gasteiger partial charge in [0.15, 0.2) is 0 Å². The van der Waals surface area contributed by atoms with E-state index in [1.807, 2.05) is 25.1 Å². The van der Waals surface area contributed by atoms with Crippen LogP contribution in [0.15, 0.2) is 42.5 Å².